The molecule has 5 nitrogen and oxygen atoms in total. The molecule has 1 amide bonds. The predicted molar refractivity (Wildman–Crippen MR) is 84.3 cm³/mol. The fourth-order valence-corrected chi connectivity index (χ4v) is 2.16. The molecule has 21 heavy (non-hydrogen) atoms. The van der Waals surface area contributed by atoms with Crippen LogP contribution < -0.4 is 11.1 Å². The number of amides is 1. The van der Waals surface area contributed by atoms with E-state index in [2.05, 4.69) is 16.4 Å². The summed E-state index contributed by atoms with van der Waals surface area (Å²) in [5.41, 5.74) is 7.43. The van der Waals surface area contributed by atoms with E-state index in [9.17, 15) is 4.79 Å². The second-order valence-electron chi connectivity index (χ2n) is 6.13. The van der Waals surface area contributed by atoms with Crippen molar-refractivity contribution in [3.8, 4) is 0 Å². The van der Waals surface area contributed by atoms with Gasteiger partial charge in [0.25, 0.3) is 0 Å². The SMILES string of the molecule is CC(C)(C)OC(=O)NCC(CN)c1cc2ccccc2[nH]1. The highest BCUT2D eigenvalue weighted by molar-refractivity contribution is 5.80. The first-order valence-electron chi connectivity index (χ1n) is 7.13. The minimum atomic E-state index is -0.497. The number of nitrogens with two attached hydrogens (primary N) is 1. The molecule has 1 atom stereocenters. The molecule has 0 saturated carbocycles. The van der Waals surface area contributed by atoms with Gasteiger partial charge in [0.05, 0.1) is 0 Å². The molecule has 0 aliphatic heterocycles. The summed E-state index contributed by atoms with van der Waals surface area (Å²) in [4.78, 5) is 15.0. The maximum Gasteiger partial charge on any atom is 0.407 e. The number of aromatic amines is 1. The van der Waals surface area contributed by atoms with Crippen molar-refractivity contribution in [1.82, 2.24) is 10.3 Å². The third kappa shape index (κ3) is 4.23. The van der Waals surface area contributed by atoms with Crippen molar-refractivity contribution in [3.05, 3.63) is 36.0 Å². The van der Waals surface area contributed by atoms with Crippen LogP contribution in [0.4, 0.5) is 4.79 Å². The molecule has 2 aromatic rings. The Labute approximate surface area is 124 Å². The van der Waals surface area contributed by atoms with Crippen molar-refractivity contribution in [2.75, 3.05) is 13.1 Å². The van der Waals surface area contributed by atoms with E-state index < -0.39 is 11.7 Å². The Balaban J connectivity index is 2.01. The van der Waals surface area contributed by atoms with E-state index in [0.29, 0.717) is 13.1 Å². The third-order valence-electron chi connectivity index (χ3n) is 3.17. The zero-order valence-corrected chi connectivity index (χ0v) is 12.8. The van der Waals surface area contributed by atoms with Crippen LogP contribution in [-0.2, 0) is 4.74 Å². The molecule has 5 heteroatoms. The lowest BCUT2D eigenvalue weighted by Crippen LogP contribution is -2.36. The van der Waals surface area contributed by atoms with Gasteiger partial charge in [0, 0.05) is 30.2 Å². The largest absolute Gasteiger partial charge is 0.444 e. The van der Waals surface area contributed by atoms with Gasteiger partial charge in [-0.1, -0.05) is 18.2 Å². The smallest absolute Gasteiger partial charge is 0.407 e. The number of hydrogen-bond acceptors (Lipinski definition) is 3. The number of benzene rings is 1. The minimum Gasteiger partial charge on any atom is -0.444 e. The van der Waals surface area contributed by atoms with E-state index in [0.717, 1.165) is 16.6 Å². The van der Waals surface area contributed by atoms with Gasteiger partial charge in [-0.25, -0.2) is 4.79 Å². The molecule has 0 aliphatic rings. The monoisotopic (exact) mass is 289 g/mol. The van der Waals surface area contributed by atoms with Gasteiger partial charge in [0.1, 0.15) is 5.60 Å². The number of aromatic nitrogens is 1. The molecule has 1 unspecified atom stereocenters. The number of hydrogen-bond donors (Lipinski definition) is 3. The highest BCUT2D eigenvalue weighted by atomic mass is 16.6. The summed E-state index contributed by atoms with van der Waals surface area (Å²) < 4.78 is 5.23. The molecule has 0 radical (unpaired) electrons. The quantitative estimate of drug-likeness (QED) is 0.809. The Morgan fingerprint density at radius 1 is 1.38 bits per heavy atom. The maximum atomic E-state index is 11.7. The molecule has 114 valence electrons. The molecule has 2 rings (SSSR count). The number of para-hydroxylation sites is 1. The Bertz CT molecular complexity index is 580. The van der Waals surface area contributed by atoms with E-state index >= 15 is 0 Å². The molecular formula is C16H23N3O2. The van der Waals surface area contributed by atoms with Gasteiger partial charge in [0.2, 0.25) is 0 Å². The van der Waals surface area contributed by atoms with Gasteiger partial charge in [-0.2, -0.15) is 0 Å². The summed E-state index contributed by atoms with van der Waals surface area (Å²) in [5, 5.41) is 3.91. The molecule has 0 fully saturated rings. The second-order valence-corrected chi connectivity index (χ2v) is 6.13. The van der Waals surface area contributed by atoms with Crippen LogP contribution in [0.5, 0.6) is 0 Å². The van der Waals surface area contributed by atoms with Gasteiger partial charge >= 0.3 is 6.09 Å². The topological polar surface area (TPSA) is 80.1 Å². The van der Waals surface area contributed by atoms with Crippen LogP contribution in [0.1, 0.15) is 32.4 Å². The molecule has 4 N–H and O–H groups in total. The van der Waals surface area contributed by atoms with Crippen molar-refractivity contribution < 1.29 is 9.53 Å². The van der Waals surface area contributed by atoms with E-state index in [1.54, 1.807) is 0 Å². The van der Waals surface area contributed by atoms with Crippen molar-refractivity contribution in [2.24, 2.45) is 5.73 Å². The first-order valence-corrected chi connectivity index (χ1v) is 7.13. The average molecular weight is 289 g/mol. The zero-order valence-electron chi connectivity index (χ0n) is 12.8. The lowest BCUT2D eigenvalue weighted by atomic mass is 10.1. The number of carbonyl (C=O) groups is 1. The zero-order chi connectivity index (χ0) is 15.5. The van der Waals surface area contributed by atoms with E-state index in [1.165, 1.54) is 0 Å². The van der Waals surface area contributed by atoms with Gasteiger partial charge in [-0.3, -0.25) is 0 Å². The molecule has 1 heterocycles. The highest BCUT2D eigenvalue weighted by Gasteiger charge is 2.18. The van der Waals surface area contributed by atoms with Gasteiger partial charge in [-0.05, 0) is 38.3 Å². The number of nitrogens with one attached hydrogen (secondary N) is 2. The molecule has 1 aromatic heterocycles. The van der Waals surface area contributed by atoms with E-state index in [4.69, 9.17) is 10.5 Å². The summed E-state index contributed by atoms with van der Waals surface area (Å²) in [6.45, 7) is 6.40. The Morgan fingerprint density at radius 2 is 2.10 bits per heavy atom. The fraction of sp³-hybridized carbons (Fsp3) is 0.438. The number of fused-ring (bicyclic) bond motifs is 1. The maximum absolute atomic E-state index is 11.7. The second kappa shape index (κ2) is 6.18. The van der Waals surface area contributed by atoms with Crippen molar-refractivity contribution in [2.45, 2.75) is 32.3 Å². The molecule has 0 saturated heterocycles. The highest BCUT2D eigenvalue weighted by Crippen LogP contribution is 2.20. The lowest BCUT2D eigenvalue weighted by molar-refractivity contribution is 0.0524. The minimum absolute atomic E-state index is 0.0323. The number of H-pyrrole nitrogens is 1. The average Bonchev–Trinajstić information content (AvgIpc) is 2.80. The van der Waals surface area contributed by atoms with E-state index in [1.807, 2.05) is 45.0 Å². The molecule has 1 aromatic carbocycles. The van der Waals surface area contributed by atoms with Crippen LogP contribution in [-0.4, -0.2) is 29.8 Å². The van der Waals surface area contributed by atoms with Crippen molar-refractivity contribution in [3.63, 3.8) is 0 Å². The summed E-state index contributed by atoms with van der Waals surface area (Å²) in [7, 11) is 0. The Morgan fingerprint density at radius 3 is 2.71 bits per heavy atom. The Hall–Kier alpha value is -2.01. The molecule has 0 aliphatic carbocycles. The number of carbonyl (C=O) groups excluding carboxylic acids is 1. The molecule has 0 bridgehead atoms. The van der Waals surface area contributed by atoms with Crippen LogP contribution in [0.2, 0.25) is 0 Å². The number of ether oxygens (including phenoxy) is 1. The summed E-state index contributed by atoms with van der Waals surface area (Å²) in [5.74, 6) is 0.0323. The van der Waals surface area contributed by atoms with Gasteiger partial charge < -0.3 is 20.8 Å². The summed E-state index contributed by atoms with van der Waals surface area (Å²) >= 11 is 0. The lowest BCUT2D eigenvalue weighted by Gasteiger charge is -2.21. The van der Waals surface area contributed by atoms with Crippen LogP contribution in [0.15, 0.2) is 30.3 Å². The van der Waals surface area contributed by atoms with E-state index in [-0.39, 0.29) is 5.92 Å². The van der Waals surface area contributed by atoms with Crippen LogP contribution in [0.25, 0.3) is 10.9 Å². The summed E-state index contributed by atoms with van der Waals surface area (Å²) in [6, 6.07) is 10.1. The predicted octanol–water partition coefficient (Wildman–Crippen LogP) is 2.73. The van der Waals surface area contributed by atoms with Crippen molar-refractivity contribution >= 4 is 17.0 Å². The van der Waals surface area contributed by atoms with Crippen LogP contribution in [0.3, 0.4) is 0 Å². The number of alkyl carbamates (subject to hydrolysis) is 1. The third-order valence-corrected chi connectivity index (χ3v) is 3.17. The Kier molecular flexibility index (Phi) is 4.53. The van der Waals surface area contributed by atoms with Crippen LogP contribution >= 0.6 is 0 Å². The normalized spacial score (nSPS) is 13.1. The van der Waals surface area contributed by atoms with Gasteiger partial charge in [-0.15, -0.1) is 0 Å². The first kappa shape index (κ1) is 15.4. The molecular weight excluding hydrogens is 266 g/mol. The van der Waals surface area contributed by atoms with Crippen LogP contribution in [0, 0.1) is 0 Å². The standard InChI is InChI=1S/C16H23N3O2/c1-16(2,3)21-15(20)18-10-12(9-17)14-8-11-6-4-5-7-13(11)19-14/h4-8,12,19H,9-10,17H2,1-3H3,(H,18,20). The fourth-order valence-electron chi connectivity index (χ4n) is 2.16. The number of rotatable bonds is 4. The summed E-state index contributed by atoms with van der Waals surface area (Å²) in [6.07, 6.45) is -0.419. The first-order chi connectivity index (χ1) is 9.89. The van der Waals surface area contributed by atoms with Gasteiger partial charge in [0.15, 0.2) is 0 Å². The van der Waals surface area contributed by atoms with Crippen molar-refractivity contribution in [1.29, 1.82) is 0 Å². The molecule has 0 spiro atoms.